The van der Waals surface area contributed by atoms with E-state index in [1.54, 1.807) is 30.3 Å². The van der Waals surface area contributed by atoms with Crippen LogP contribution >= 0.6 is 0 Å². The standard InChI is InChI=1S/C56H42N8O2/c1-4-36-17-23-40(24-18-36)54-47(33-58)52(42-12-10-15-45(66)31-42)50-35(3)62-64(56(50)60-54)48-16-9-8-11-38(48)22-19-37-20-25-41(26-21-37)53-46(32-57)51(39-27-29-44(65)30-28-39)49-34(2)61-63(55(49)59-53)43-13-6-5-7-14-43/h5-18,20-21,23-31,65-66H,4,19,22H2,1-3H3. The molecule has 4 heterocycles. The van der Waals surface area contributed by atoms with E-state index < -0.39 is 0 Å². The van der Waals surface area contributed by atoms with E-state index in [2.05, 4.69) is 49.4 Å². The molecule has 10 nitrogen and oxygen atoms in total. The SMILES string of the molecule is CCc1ccc(-c2nc3c(c(C)nn3-c3ccccc3CCc3ccc(-c4nc5c(c(C)nn5-c5ccccc5)c(-c5ccc(O)cc5)c4C#N)cc3)c(-c3cccc(O)c3)c2C#N)cc1. The second-order valence-corrected chi connectivity index (χ2v) is 16.3. The number of hydrogen-bond acceptors (Lipinski definition) is 8. The fraction of sp³-hybridized carbons (Fsp3) is 0.107. The molecule has 0 aliphatic rings. The summed E-state index contributed by atoms with van der Waals surface area (Å²) in [6.07, 6.45) is 2.28. The number of aromatic hydroxyl groups is 2. The zero-order chi connectivity index (χ0) is 45.5. The Morgan fingerprint density at radius 1 is 0.515 bits per heavy atom. The molecule has 318 valence electrons. The number of para-hydroxylation sites is 2. The maximum atomic E-state index is 10.8. The number of aromatic nitrogens is 6. The predicted molar refractivity (Wildman–Crippen MR) is 258 cm³/mol. The van der Waals surface area contributed by atoms with Crippen molar-refractivity contribution in [3.63, 3.8) is 0 Å². The molecule has 4 aromatic heterocycles. The minimum atomic E-state index is 0.103. The molecule has 10 rings (SSSR count). The fourth-order valence-corrected chi connectivity index (χ4v) is 8.99. The maximum absolute atomic E-state index is 10.8. The van der Waals surface area contributed by atoms with Crippen LogP contribution in [-0.2, 0) is 19.3 Å². The van der Waals surface area contributed by atoms with E-state index in [0.29, 0.717) is 69.0 Å². The molecule has 66 heavy (non-hydrogen) atoms. The molecule has 0 bridgehead atoms. The van der Waals surface area contributed by atoms with Gasteiger partial charge in [0.05, 0.1) is 56.0 Å². The average Bonchev–Trinajstić information content (AvgIpc) is 3.87. The molecule has 0 aliphatic heterocycles. The minimum absolute atomic E-state index is 0.103. The summed E-state index contributed by atoms with van der Waals surface area (Å²) in [5, 5.41) is 53.8. The van der Waals surface area contributed by atoms with Crippen molar-refractivity contribution in [2.45, 2.75) is 40.0 Å². The summed E-state index contributed by atoms with van der Waals surface area (Å²) in [6, 6.07) is 53.2. The van der Waals surface area contributed by atoms with Crippen molar-refractivity contribution in [3.8, 4) is 79.8 Å². The van der Waals surface area contributed by atoms with Crippen molar-refractivity contribution in [1.29, 1.82) is 10.5 Å². The van der Waals surface area contributed by atoms with Crippen molar-refractivity contribution in [2.75, 3.05) is 0 Å². The highest BCUT2D eigenvalue weighted by Crippen LogP contribution is 2.42. The number of pyridine rings is 2. The number of fused-ring (bicyclic) bond motifs is 2. The maximum Gasteiger partial charge on any atom is 0.164 e. The molecule has 6 aromatic carbocycles. The molecule has 0 spiro atoms. The van der Waals surface area contributed by atoms with Crippen LogP contribution in [0.5, 0.6) is 11.5 Å². The minimum Gasteiger partial charge on any atom is -0.508 e. The van der Waals surface area contributed by atoms with Gasteiger partial charge >= 0.3 is 0 Å². The highest BCUT2D eigenvalue weighted by Gasteiger charge is 2.26. The highest BCUT2D eigenvalue weighted by molar-refractivity contribution is 6.03. The number of phenols is 2. The predicted octanol–water partition coefficient (Wildman–Crippen LogP) is 11.9. The number of phenolic OH excluding ortho intramolecular Hbond substituents is 2. The molecule has 0 aliphatic carbocycles. The second kappa shape index (κ2) is 17.0. The summed E-state index contributed by atoms with van der Waals surface area (Å²) in [5.74, 6) is 0.240. The first-order chi connectivity index (χ1) is 32.2. The third kappa shape index (κ3) is 7.27. The molecule has 2 N–H and O–H groups in total. The van der Waals surface area contributed by atoms with Crippen molar-refractivity contribution in [3.05, 3.63) is 191 Å². The molecule has 10 aromatic rings. The lowest BCUT2D eigenvalue weighted by atomic mass is 9.92. The van der Waals surface area contributed by atoms with Crippen LogP contribution in [0.3, 0.4) is 0 Å². The Balaban J connectivity index is 1.04. The molecule has 0 atom stereocenters. The van der Waals surface area contributed by atoms with Gasteiger partial charge in [0.2, 0.25) is 0 Å². The number of nitriles is 2. The second-order valence-electron chi connectivity index (χ2n) is 16.3. The third-order valence-electron chi connectivity index (χ3n) is 12.3. The summed E-state index contributed by atoms with van der Waals surface area (Å²) < 4.78 is 3.71. The van der Waals surface area contributed by atoms with Crippen LogP contribution in [0.25, 0.3) is 78.2 Å². The summed E-state index contributed by atoms with van der Waals surface area (Å²) >= 11 is 0. The summed E-state index contributed by atoms with van der Waals surface area (Å²) in [6.45, 7) is 5.97. The Morgan fingerprint density at radius 2 is 1.06 bits per heavy atom. The van der Waals surface area contributed by atoms with Crippen LogP contribution in [0.15, 0.2) is 152 Å². The van der Waals surface area contributed by atoms with E-state index in [1.807, 2.05) is 114 Å². The lowest BCUT2D eigenvalue weighted by Gasteiger charge is -2.15. The number of benzene rings is 6. The van der Waals surface area contributed by atoms with E-state index in [-0.39, 0.29) is 11.5 Å². The zero-order valence-electron chi connectivity index (χ0n) is 36.5. The number of hydrogen-bond donors (Lipinski definition) is 2. The van der Waals surface area contributed by atoms with E-state index in [0.717, 1.165) is 62.1 Å². The van der Waals surface area contributed by atoms with Crippen LogP contribution in [0.2, 0.25) is 0 Å². The van der Waals surface area contributed by atoms with Crippen LogP contribution in [0, 0.1) is 36.5 Å². The van der Waals surface area contributed by atoms with Crippen molar-refractivity contribution in [2.24, 2.45) is 0 Å². The molecule has 0 saturated heterocycles. The Morgan fingerprint density at radius 3 is 1.67 bits per heavy atom. The fourth-order valence-electron chi connectivity index (χ4n) is 8.99. The van der Waals surface area contributed by atoms with Gasteiger partial charge in [0.25, 0.3) is 0 Å². The van der Waals surface area contributed by atoms with Crippen molar-refractivity contribution < 1.29 is 10.2 Å². The monoisotopic (exact) mass is 858 g/mol. The zero-order valence-corrected chi connectivity index (χ0v) is 36.5. The first kappa shape index (κ1) is 41.2. The van der Waals surface area contributed by atoms with E-state index in [1.165, 1.54) is 5.56 Å². The molecule has 0 unspecified atom stereocenters. The molecular weight excluding hydrogens is 817 g/mol. The summed E-state index contributed by atoms with van der Waals surface area (Å²) in [5.41, 5.74) is 14.2. The third-order valence-corrected chi connectivity index (χ3v) is 12.3. The van der Waals surface area contributed by atoms with Gasteiger partial charge in [0, 0.05) is 22.3 Å². The molecular formula is C56H42N8O2. The molecule has 0 fully saturated rings. The topological polar surface area (TPSA) is 149 Å². The van der Waals surface area contributed by atoms with Crippen molar-refractivity contribution >= 4 is 22.1 Å². The van der Waals surface area contributed by atoms with Crippen LogP contribution in [0.1, 0.15) is 46.1 Å². The van der Waals surface area contributed by atoms with Crippen LogP contribution < -0.4 is 0 Å². The molecule has 0 radical (unpaired) electrons. The lowest BCUT2D eigenvalue weighted by Crippen LogP contribution is -2.05. The quantitative estimate of drug-likeness (QED) is 0.138. The van der Waals surface area contributed by atoms with Gasteiger partial charge in [-0.2, -0.15) is 20.7 Å². The van der Waals surface area contributed by atoms with Gasteiger partial charge in [-0.25, -0.2) is 19.3 Å². The lowest BCUT2D eigenvalue weighted by molar-refractivity contribution is 0.475. The largest absolute Gasteiger partial charge is 0.508 e. The number of nitrogens with zero attached hydrogens (tertiary/aromatic N) is 8. The Bertz CT molecular complexity index is 3560. The van der Waals surface area contributed by atoms with E-state index >= 15 is 0 Å². The number of rotatable bonds is 10. The van der Waals surface area contributed by atoms with Gasteiger partial charge in [0.1, 0.15) is 23.6 Å². The smallest absolute Gasteiger partial charge is 0.164 e. The van der Waals surface area contributed by atoms with Crippen LogP contribution in [0.4, 0.5) is 0 Å². The van der Waals surface area contributed by atoms with Gasteiger partial charge < -0.3 is 10.2 Å². The summed E-state index contributed by atoms with van der Waals surface area (Å²) in [7, 11) is 0. The van der Waals surface area contributed by atoms with Crippen molar-refractivity contribution in [1.82, 2.24) is 29.5 Å². The van der Waals surface area contributed by atoms with Gasteiger partial charge in [-0.3, -0.25) is 0 Å². The van der Waals surface area contributed by atoms with Crippen LogP contribution in [-0.4, -0.2) is 39.7 Å². The Kier molecular flexibility index (Phi) is 10.6. The first-order valence-corrected chi connectivity index (χ1v) is 21.8. The first-order valence-electron chi connectivity index (χ1n) is 21.8. The van der Waals surface area contributed by atoms with Gasteiger partial charge in [-0.05, 0) is 103 Å². The summed E-state index contributed by atoms with van der Waals surface area (Å²) in [4.78, 5) is 10.4. The number of aryl methyl sites for hydroxylation is 5. The Labute approximate surface area is 381 Å². The normalized spacial score (nSPS) is 11.2. The molecule has 10 heteroatoms. The van der Waals surface area contributed by atoms with Gasteiger partial charge in [-0.15, -0.1) is 0 Å². The van der Waals surface area contributed by atoms with Gasteiger partial charge in [0.15, 0.2) is 11.3 Å². The van der Waals surface area contributed by atoms with Gasteiger partial charge in [-0.1, -0.05) is 116 Å². The average molecular weight is 859 g/mol. The highest BCUT2D eigenvalue weighted by atomic mass is 16.3. The Hall–Kier alpha value is -8.86. The molecule has 0 saturated carbocycles. The van der Waals surface area contributed by atoms with E-state index in [9.17, 15) is 20.7 Å². The molecule has 0 amide bonds. The van der Waals surface area contributed by atoms with E-state index in [4.69, 9.17) is 20.2 Å².